The third-order valence-corrected chi connectivity index (χ3v) is 7.14. The predicted molar refractivity (Wildman–Crippen MR) is 136 cm³/mol. The van der Waals surface area contributed by atoms with Gasteiger partial charge in [-0.1, -0.05) is 6.07 Å². The zero-order valence-corrected chi connectivity index (χ0v) is 21.6. The second-order valence-electron chi connectivity index (χ2n) is 7.80. The average molecular weight is 531 g/mol. The van der Waals surface area contributed by atoms with E-state index >= 15 is 0 Å². The molecule has 0 fully saturated rings. The normalized spacial score (nSPS) is 10.9. The number of sulfonamides is 1. The Hall–Kier alpha value is -4.12. The number of rotatable bonds is 10. The number of ether oxygens (including phenoxy) is 3. The van der Waals surface area contributed by atoms with Gasteiger partial charge in [-0.25, -0.2) is 17.6 Å². The summed E-state index contributed by atoms with van der Waals surface area (Å²) in [5.41, 5.74) is 1.27. The number of aryl methyl sites for hydroxylation is 1. The smallest absolute Gasteiger partial charge is 0.338 e. The standard InChI is InChI=1S/C26H27FN2O7S/c1-5-36-26(31)18-7-6-17(2)22(14-18)28-25(30)16-29(20-10-8-19(27)9-11-20)37(32,33)21-12-13-23(34-3)24(15-21)35-4/h6-15H,5,16H2,1-4H3,(H,28,30). The number of hydrogen-bond acceptors (Lipinski definition) is 7. The number of esters is 1. The van der Waals surface area contributed by atoms with Crippen molar-refractivity contribution in [1.29, 1.82) is 0 Å². The molecule has 1 amide bonds. The van der Waals surface area contributed by atoms with Crippen molar-refractivity contribution < 1.29 is 36.6 Å². The van der Waals surface area contributed by atoms with E-state index in [4.69, 9.17) is 14.2 Å². The van der Waals surface area contributed by atoms with E-state index in [-0.39, 0.29) is 28.5 Å². The Labute approximate surface area is 214 Å². The van der Waals surface area contributed by atoms with Gasteiger partial charge in [-0.3, -0.25) is 9.10 Å². The van der Waals surface area contributed by atoms with Gasteiger partial charge in [-0.15, -0.1) is 0 Å². The van der Waals surface area contributed by atoms with Crippen LogP contribution in [0.1, 0.15) is 22.8 Å². The zero-order chi connectivity index (χ0) is 27.2. The highest BCUT2D eigenvalue weighted by Gasteiger charge is 2.29. The topological polar surface area (TPSA) is 111 Å². The molecule has 0 spiro atoms. The van der Waals surface area contributed by atoms with Gasteiger partial charge in [0.05, 0.1) is 37.0 Å². The second-order valence-corrected chi connectivity index (χ2v) is 9.67. The highest BCUT2D eigenvalue weighted by Crippen LogP contribution is 2.32. The van der Waals surface area contributed by atoms with E-state index in [1.807, 2.05) is 0 Å². The number of carbonyl (C=O) groups excluding carboxylic acids is 2. The Morgan fingerprint density at radius 2 is 1.62 bits per heavy atom. The Balaban J connectivity index is 1.97. The molecule has 0 saturated heterocycles. The lowest BCUT2D eigenvalue weighted by atomic mass is 10.1. The van der Waals surface area contributed by atoms with Crippen LogP contribution in [-0.4, -0.2) is 47.7 Å². The van der Waals surface area contributed by atoms with Crippen LogP contribution in [0.25, 0.3) is 0 Å². The summed E-state index contributed by atoms with van der Waals surface area (Å²) in [5.74, 6) is -1.30. The summed E-state index contributed by atoms with van der Waals surface area (Å²) in [6.07, 6.45) is 0. The molecule has 9 nitrogen and oxygen atoms in total. The Morgan fingerprint density at radius 3 is 2.24 bits per heavy atom. The minimum Gasteiger partial charge on any atom is -0.493 e. The minimum absolute atomic E-state index is 0.0725. The van der Waals surface area contributed by atoms with Gasteiger partial charge in [0.1, 0.15) is 12.4 Å². The number of amides is 1. The van der Waals surface area contributed by atoms with Crippen LogP contribution in [0.2, 0.25) is 0 Å². The number of hydrogen-bond donors (Lipinski definition) is 1. The van der Waals surface area contributed by atoms with Gasteiger partial charge in [0.2, 0.25) is 5.91 Å². The molecule has 0 heterocycles. The Morgan fingerprint density at radius 1 is 0.946 bits per heavy atom. The summed E-state index contributed by atoms with van der Waals surface area (Å²) in [6.45, 7) is 2.96. The third kappa shape index (κ3) is 6.36. The molecular weight excluding hydrogens is 503 g/mol. The fourth-order valence-electron chi connectivity index (χ4n) is 3.44. The number of nitrogens with one attached hydrogen (secondary N) is 1. The lowest BCUT2D eigenvalue weighted by Crippen LogP contribution is -2.38. The molecule has 196 valence electrons. The van der Waals surface area contributed by atoms with Gasteiger partial charge in [-0.2, -0.15) is 0 Å². The first-order valence-corrected chi connectivity index (χ1v) is 12.6. The molecule has 0 atom stereocenters. The molecule has 3 aromatic carbocycles. The number of benzene rings is 3. The van der Waals surface area contributed by atoms with Crippen molar-refractivity contribution in [3.8, 4) is 11.5 Å². The van der Waals surface area contributed by atoms with Crippen molar-refractivity contribution in [3.63, 3.8) is 0 Å². The number of halogens is 1. The molecule has 0 bridgehead atoms. The molecule has 0 aliphatic carbocycles. The summed E-state index contributed by atoms with van der Waals surface area (Å²) in [6, 6.07) is 13.4. The van der Waals surface area contributed by atoms with Gasteiger partial charge in [0, 0.05) is 11.8 Å². The van der Waals surface area contributed by atoms with Crippen molar-refractivity contribution in [2.24, 2.45) is 0 Å². The van der Waals surface area contributed by atoms with Crippen LogP contribution < -0.4 is 19.1 Å². The molecule has 37 heavy (non-hydrogen) atoms. The molecule has 0 aliphatic rings. The first kappa shape index (κ1) is 27.5. The van der Waals surface area contributed by atoms with E-state index in [1.54, 1.807) is 26.0 Å². The van der Waals surface area contributed by atoms with Crippen LogP contribution in [0.5, 0.6) is 11.5 Å². The monoisotopic (exact) mass is 530 g/mol. The summed E-state index contributed by atoms with van der Waals surface area (Å²) in [4.78, 5) is 25.0. The lowest BCUT2D eigenvalue weighted by Gasteiger charge is -2.24. The second kappa shape index (κ2) is 11.7. The molecule has 0 saturated carbocycles. The first-order chi connectivity index (χ1) is 17.6. The zero-order valence-electron chi connectivity index (χ0n) is 20.8. The first-order valence-electron chi connectivity index (χ1n) is 11.2. The van der Waals surface area contributed by atoms with E-state index in [2.05, 4.69) is 5.32 Å². The third-order valence-electron chi connectivity index (χ3n) is 5.37. The summed E-state index contributed by atoms with van der Waals surface area (Å²) < 4.78 is 57.1. The number of methoxy groups -OCH3 is 2. The lowest BCUT2D eigenvalue weighted by molar-refractivity contribution is -0.114. The Kier molecular flexibility index (Phi) is 8.72. The summed E-state index contributed by atoms with van der Waals surface area (Å²) >= 11 is 0. The van der Waals surface area contributed by atoms with E-state index in [9.17, 15) is 22.4 Å². The predicted octanol–water partition coefficient (Wildman–Crippen LogP) is 4.16. The van der Waals surface area contributed by atoms with Crippen LogP contribution in [-0.2, 0) is 19.6 Å². The molecule has 0 unspecified atom stereocenters. The van der Waals surface area contributed by atoms with Crippen LogP contribution in [0, 0.1) is 12.7 Å². The molecular formula is C26H27FN2O7S. The molecule has 1 N–H and O–H groups in total. The maximum atomic E-state index is 13.7. The maximum absolute atomic E-state index is 13.7. The van der Waals surface area contributed by atoms with Crippen molar-refractivity contribution in [2.45, 2.75) is 18.7 Å². The largest absolute Gasteiger partial charge is 0.493 e. The van der Waals surface area contributed by atoms with E-state index < -0.39 is 34.3 Å². The molecule has 3 aromatic rings. The van der Waals surface area contributed by atoms with Crippen LogP contribution in [0.4, 0.5) is 15.8 Å². The van der Waals surface area contributed by atoms with Crippen LogP contribution in [0.15, 0.2) is 65.6 Å². The van der Waals surface area contributed by atoms with Gasteiger partial charge in [0.15, 0.2) is 11.5 Å². The molecule has 3 rings (SSSR count). The highest BCUT2D eigenvalue weighted by atomic mass is 32.2. The minimum atomic E-state index is -4.31. The van der Waals surface area contributed by atoms with Crippen molar-refractivity contribution in [2.75, 3.05) is 37.0 Å². The molecule has 11 heteroatoms. The van der Waals surface area contributed by atoms with Crippen molar-refractivity contribution in [1.82, 2.24) is 0 Å². The summed E-state index contributed by atoms with van der Waals surface area (Å²) in [7, 11) is -1.53. The number of nitrogens with zero attached hydrogens (tertiary/aromatic N) is 1. The van der Waals surface area contributed by atoms with E-state index in [1.165, 1.54) is 50.6 Å². The summed E-state index contributed by atoms with van der Waals surface area (Å²) in [5, 5.41) is 2.65. The van der Waals surface area contributed by atoms with E-state index in [0.29, 0.717) is 17.0 Å². The van der Waals surface area contributed by atoms with Gasteiger partial charge >= 0.3 is 5.97 Å². The highest BCUT2D eigenvalue weighted by molar-refractivity contribution is 7.92. The van der Waals surface area contributed by atoms with Crippen LogP contribution in [0.3, 0.4) is 0 Å². The van der Waals surface area contributed by atoms with Crippen molar-refractivity contribution >= 4 is 33.3 Å². The molecule has 0 radical (unpaired) electrons. The number of carbonyl (C=O) groups is 2. The average Bonchev–Trinajstić information content (AvgIpc) is 2.88. The quantitative estimate of drug-likeness (QED) is 0.392. The fraction of sp³-hybridized carbons (Fsp3) is 0.231. The number of anilines is 2. The Bertz CT molecular complexity index is 1390. The van der Waals surface area contributed by atoms with Crippen molar-refractivity contribution in [3.05, 3.63) is 77.6 Å². The molecule has 0 aromatic heterocycles. The SMILES string of the molecule is CCOC(=O)c1ccc(C)c(NC(=O)CN(c2ccc(F)cc2)S(=O)(=O)c2ccc(OC)c(OC)c2)c1. The van der Waals surface area contributed by atoms with E-state index in [0.717, 1.165) is 16.4 Å². The van der Waals surface area contributed by atoms with Gasteiger partial charge < -0.3 is 19.5 Å². The fourth-order valence-corrected chi connectivity index (χ4v) is 4.88. The van der Waals surface area contributed by atoms with Gasteiger partial charge in [-0.05, 0) is 67.9 Å². The maximum Gasteiger partial charge on any atom is 0.338 e. The van der Waals surface area contributed by atoms with Crippen LogP contribution >= 0.6 is 0 Å². The molecule has 0 aliphatic heterocycles. The van der Waals surface area contributed by atoms with Gasteiger partial charge in [0.25, 0.3) is 10.0 Å².